The molecule has 0 spiro atoms. The third-order valence-corrected chi connectivity index (χ3v) is 8.03. The summed E-state index contributed by atoms with van der Waals surface area (Å²) in [6.45, 7) is 12.4. The SMILES string of the molecule is C=C1COC2C3=CCC4C(CCC5OC(C)(C)OCC54C)C3CCC12. The van der Waals surface area contributed by atoms with Gasteiger partial charge in [0, 0.05) is 11.3 Å². The first-order chi connectivity index (χ1) is 11.9. The Labute approximate surface area is 151 Å². The van der Waals surface area contributed by atoms with E-state index in [0.717, 1.165) is 25.6 Å². The second kappa shape index (κ2) is 5.43. The van der Waals surface area contributed by atoms with E-state index in [-0.39, 0.29) is 5.41 Å². The van der Waals surface area contributed by atoms with E-state index in [1.54, 1.807) is 5.57 Å². The maximum atomic E-state index is 6.37. The maximum absolute atomic E-state index is 6.37. The second-order valence-corrected chi connectivity index (χ2v) is 9.77. The Balaban J connectivity index is 1.44. The zero-order chi connectivity index (χ0) is 17.4. The van der Waals surface area contributed by atoms with E-state index in [0.29, 0.717) is 30.0 Å². The van der Waals surface area contributed by atoms with Crippen molar-refractivity contribution >= 4 is 0 Å². The van der Waals surface area contributed by atoms with E-state index in [1.165, 1.54) is 31.3 Å². The van der Waals surface area contributed by atoms with Crippen molar-refractivity contribution < 1.29 is 14.2 Å². The van der Waals surface area contributed by atoms with Crippen LogP contribution in [-0.2, 0) is 14.2 Å². The highest BCUT2D eigenvalue weighted by Crippen LogP contribution is 2.59. The molecule has 5 rings (SSSR count). The summed E-state index contributed by atoms with van der Waals surface area (Å²) < 4.78 is 18.7. The molecule has 0 bridgehead atoms. The minimum absolute atomic E-state index is 0.150. The number of hydrogen-bond acceptors (Lipinski definition) is 3. The quantitative estimate of drug-likeness (QED) is 0.606. The van der Waals surface area contributed by atoms with Crippen molar-refractivity contribution in [3.8, 4) is 0 Å². The van der Waals surface area contributed by atoms with Gasteiger partial charge in [-0.1, -0.05) is 19.6 Å². The molecule has 7 unspecified atom stereocenters. The summed E-state index contributed by atoms with van der Waals surface area (Å²) in [5, 5.41) is 0. The Morgan fingerprint density at radius 2 is 1.88 bits per heavy atom. The molecule has 0 N–H and O–H groups in total. The summed E-state index contributed by atoms with van der Waals surface area (Å²) >= 11 is 0. The number of allylic oxidation sites excluding steroid dienone is 1. The van der Waals surface area contributed by atoms with Crippen molar-refractivity contribution in [1.82, 2.24) is 0 Å². The van der Waals surface area contributed by atoms with Crippen LogP contribution in [0.2, 0.25) is 0 Å². The van der Waals surface area contributed by atoms with Crippen LogP contribution in [0, 0.1) is 29.1 Å². The van der Waals surface area contributed by atoms with Crippen molar-refractivity contribution in [2.75, 3.05) is 13.2 Å². The monoisotopic (exact) mass is 344 g/mol. The molecule has 2 saturated heterocycles. The van der Waals surface area contributed by atoms with Gasteiger partial charge in [-0.15, -0.1) is 0 Å². The first-order valence-corrected chi connectivity index (χ1v) is 10.2. The van der Waals surface area contributed by atoms with Crippen molar-refractivity contribution in [3.05, 3.63) is 23.8 Å². The molecule has 0 amide bonds. The summed E-state index contributed by atoms with van der Waals surface area (Å²) in [4.78, 5) is 0. The number of fused-ring (bicyclic) bond motifs is 7. The topological polar surface area (TPSA) is 27.7 Å². The van der Waals surface area contributed by atoms with E-state index in [1.807, 2.05) is 0 Å². The molecular formula is C22H32O3. The van der Waals surface area contributed by atoms with Crippen LogP contribution in [0.5, 0.6) is 0 Å². The van der Waals surface area contributed by atoms with Crippen molar-refractivity contribution in [2.24, 2.45) is 29.1 Å². The average molecular weight is 344 g/mol. The van der Waals surface area contributed by atoms with Crippen LogP contribution < -0.4 is 0 Å². The van der Waals surface area contributed by atoms with Crippen LogP contribution in [0.25, 0.3) is 0 Å². The fourth-order valence-corrected chi connectivity index (χ4v) is 6.67. The predicted octanol–water partition coefficient (Wildman–Crippen LogP) is 4.48. The van der Waals surface area contributed by atoms with Gasteiger partial charge < -0.3 is 14.2 Å². The lowest BCUT2D eigenvalue weighted by atomic mass is 9.52. The molecule has 3 nitrogen and oxygen atoms in total. The van der Waals surface area contributed by atoms with Gasteiger partial charge in [0.1, 0.15) is 0 Å². The first-order valence-electron chi connectivity index (χ1n) is 10.2. The van der Waals surface area contributed by atoms with Crippen LogP contribution >= 0.6 is 0 Å². The Morgan fingerprint density at radius 1 is 1.08 bits per heavy atom. The van der Waals surface area contributed by atoms with Gasteiger partial charge in [0.2, 0.25) is 0 Å². The van der Waals surface area contributed by atoms with Crippen LogP contribution in [0.4, 0.5) is 0 Å². The van der Waals surface area contributed by atoms with E-state index < -0.39 is 5.79 Å². The fourth-order valence-electron chi connectivity index (χ4n) is 6.67. The lowest BCUT2D eigenvalue weighted by molar-refractivity contribution is -0.336. The van der Waals surface area contributed by atoms with Crippen LogP contribution in [0.15, 0.2) is 23.8 Å². The van der Waals surface area contributed by atoms with Gasteiger partial charge in [-0.2, -0.15) is 0 Å². The van der Waals surface area contributed by atoms with E-state index in [4.69, 9.17) is 14.2 Å². The van der Waals surface area contributed by atoms with E-state index in [2.05, 4.69) is 33.4 Å². The predicted molar refractivity (Wildman–Crippen MR) is 97.0 cm³/mol. The van der Waals surface area contributed by atoms with Gasteiger partial charge in [0.15, 0.2) is 5.79 Å². The minimum Gasteiger partial charge on any atom is -0.369 e. The first kappa shape index (κ1) is 16.5. The molecule has 2 aliphatic heterocycles. The molecule has 2 saturated carbocycles. The molecular weight excluding hydrogens is 312 g/mol. The highest BCUT2D eigenvalue weighted by Gasteiger charge is 2.57. The van der Waals surface area contributed by atoms with Crippen molar-refractivity contribution in [2.45, 2.75) is 70.9 Å². The second-order valence-electron chi connectivity index (χ2n) is 9.77. The zero-order valence-corrected chi connectivity index (χ0v) is 15.9. The Morgan fingerprint density at radius 3 is 2.72 bits per heavy atom. The maximum Gasteiger partial charge on any atom is 0.163 e. The molecule has 0 radical (unpaired) electrons. The zero-order valence-electron chi connectivity index (χ0n) is 15.9. The van der Waals surface area contributed by atoms with Gasteiger partial charge in [0.05, 0.1) is 25.4 Å². The summed E-state index contributed by atoms with van der Waals surface area (Å²) in [5.41, 5.74) is 3.08. The Kier molecular flexibility index (Phi) is 3.59. The number of rotatable bonds is 0. The highest BCUT2D eigenvalue weighted by molar-refractivity contribution is 5.29. The molecule has 5 aliphatic rings. The Bertz CT molecular complexity index is 621. The largest absolute Gasteiger partial charge is 0.369 e. The lowest BCUT2D eigenvalue weighted by Crippen LogP contribution is -2.60. The third kappa shape index (κ3) is 2.35. The number of ether oxygens (including phenoxy) is 3. The summed E-state index contributed by atoms with van der Waals surface area (Å²) in [6, 6.07) is 0. The smallest absolute Gasteiger partial charge is 0.163 e. The number of hydrogen-bond donors (Lipinski definition) is 0. The van der Waals surface area contributed by atoms with Gasteiger partial charge >= 0.3 is 0 Å². The van der Waals surface area contributed by atoms with Crippen molar-refractivity contribution in [1.29, 1.82) is 0 Å². The molecule has 25 heavy (non-hydrogen) atoms. The average Bonchev–Trinajstić information content (AvgIpc) is 2.96. The van der Waals surface area contributed by atoms with E-state index in [9.17, 15) is 0 Å². The lowest BCUT2D eigenvalue weighted by Gasteiger charge is -2.59. The highest BCUT2D eigenvalue weighted by atomic mass is 16.7. The molecule has 0 aromatic heterocycles. The molecule has 4 fully saturated rings. The molecule has 0 aromatic rings. The summed E-state index contributed by atoms with van der Waals surface area (Å²) in [7, 11) is 0. The minimum atomic E-state index is -0.428. The van der Waals surface area contributed by atoms with Crippen LogP contribution in [-0.4, -0.2) is 31.2 Å². The molecule has 0 aromatic carbocycles. The molecule has 138 valence electrons. The normalized spacial score (nSPS) is 51.0. The van der Waals surface area contributed by atoms with Crippen LogP contribution in [0.1, 0.15) is 52.9 Å². The molecule has 7 atom stereocenters. The fraction of sp³-hybridized carbons (Fsp3) is 0.818. The van der Waals surface area contributed by atoms with Crippen LogP contribution in [0.3, 0.4) is 0 Å². The Hall–Kier alpha value is -0.640. The van der Waals surface area contributed by atoms with Gasteiger partial charge in [0.25, 0.3) is 0 Å². The molecule has 3 aliphatic carbocycles. The standard InChI is InChI=1S/C22H32O3/c1-13-11-23-20-14(13)5-6-15-16-8-10-19-22(4,12-24-21(2,3)25-19)18(16)9-7-17(15)20/h7,14-16,18-20H,1,5-6,8-12H2,2-4H3. The van der Waals surface area contributed by atoms with Gasteiger partial charge in [-0.05, 0) is 74.9 Å². The molecule has 2 heterocycles. The van der Waals surface area contributed by atoms with Gasteiger partial charge in [-0.3, -0.25) is 0 Å². The van der Waals surface area contributed by atoms with E-state index >= 15 is 0 Å². The molecule has 3 heteroatoms. The summed E-state index contributed by atoms with van der Waals surface area (Å²) in [6.07, 6.45) is 9.41. The summed E-state index contributed by atoms with van der Waals surface area (Å²) in [5.74, 6) is 2.31. The third-order valence-electron chi connectivity index (χ3n) is 8.03. The van der Waals surface area contributed by atoms with Gasteiger partial charge in [-0.25, -0.2) is 0 Å². The van der Waals surface area contributed by atoms with Crippen molar-refractivity contribution in [3.63, 3.8) is 0 Å².